The Balaban J connectivity index is 1.68. The van der Waals surface area contributed by atoms with E-state index in [0.717, 1.165) is 12.8 Å². The van der Waals surface area contributed by atoms with Crippen molar-refractivity contribution >= 4 is 11.5 Å². The van der Waals surface area contributed by atoms with Crippen LogP contribution < -0.4 is 5.32 Å². The van der Waals surface area contributed by atoms with Crippen LogP contribution in [0.4, 0.5) is 5.82 Å². The topological polar surface area (TPSA) is 88.2 Å². The smallest absolute Gasteiger partial charge is 0.200 e. The van der Waals surface area contributed by atoms with Crippen LogP contribution in [0.1, 0.15) is 12.8 Å². The van der Waals surface area contributed by atoms with Crippen LogP contribution in [0.5, 0.6) is 0 Å². The maximum Gasteiger partial charge on any atom is 0.200 e. The molecule has 0 aliphatic heterocycles. The Bertz CT molecular complexity index is 493. The van der Waals surface area contributed by atoms with Crippen molar-refractivity contribution in [2.45, 2.75) is 18.9 Å². The average molecular weight is 220 g/mol. The first-order chi connectivity index (χ1) is 7.83. The van der Waals surface area contributed by atoms with Gasteiger partial charge in [-0.15, -0.1) is 14.8 Å². The van der Waals surface area contributed by atoms with Gasteiger partial charge in [-0.1, -0.05) is 0 Å². The highest BCUT2D eigenvalue weighted by molar-refractivity contribution is 5.42. The molecule has 0 spiro atoms. The van der Waals surface area contributed by atoms with Crippen LogP contribution in [0, 0.1) is 5.92 Å². The van der Waals surface area contributed by atoms with E-state index in [2.05, 4.69) is 25.9 Å². The normalized spacial score (nSPS) is 17.6. The van der Waals surface area contributed by atoms with E-state index >= 15 is 0 Å². The largest absolute Gasteiger partial charge is 0.391 e. The van der Waals surface area contributed by atoms with Crippen LogP contribution in [-0.4, -0.2) is 43.0 Å². The second kappa shape index (κ2) is 3.67. The molecule has 2 heterocycles. The number of hydrogen-bond acceptors (Lipinski definition) is 6. The maximum atomic E-state index is 9.69. The van der Waals surface area contributed by atoms with Crippen LogP contribution in [0.15, 0.2) is 12.1 Å². The summed E-state index contributed by atoms with van der Waals surface area (Å²) < 4.78 is 1.35. The Labute approximate surface area is 91.5 Å². The fourth-order valence-electron chi connectivity index (χ4n) is 1.60. The van der Waals surface area contributed by atoms with Crippen LogP contribution in [-0.2, 0) is 0 Å². The Morgan fingerprint density at radius 3 is 3.19 bits per heavy atom. The Morgan fingerprint density at radius 1 is 1.50 bits per heavy atom. The molecule has 1 atom stereocenters. The number of rotatable bonds is 4. The van der Waals surface area contributed by atoms with Gasteiger partial charge in [0.2, 0.25) is 0 Å². The Morgan fingerprint density at radius 2 is 2.38 bits per heavy atom. The number of tetrazole rings is 1. The summed E-state index contributed by atoms with van der Waals surface area (Å²) in [5.74, 6) is 1.13. The summed E-state index contributed by atoms with van der Waals surface area (Å²) in [4.78, 5) is 0. The van der Waals surface area contributed by atoms with Gasteiger partial charge in [-0.25, -0.2) is 0 Å². The summed E-state index contributed by atoms with van der Waals surface area (Å²) in [7, 11) is 0. The fourth-order valence-corrected chi connectivity index (χ4v) is 1.60. The molecule has 1 fully saturated rings. The minimum atomic E-state index is -0.286. The minimum absolute atomic E-state index is 0.286. The van der Waals surface area contributed by atoms with E-state index < -0.39 is 0 Å². The Kier molecular flexibility index (Phi) is 2.17. The third-order valence-electron chi connectivity index (χ3n) is 2.73. The fraction of sp³-hybridized carbons (Fsp3) is 0.556. The van der Waals surface area contributed by atoms with Gasteiger partial charge in [-0.3, -0.25) is 0 Å². The predicted molar refractivity (Wildman–Crippen MR) is 55.8 cm³/mol. The first kappa shape index (κ1) is 9.46. The van der Waals surface area contributed by atoms with Crippen molar-refractivity contribution in [1.29, 1.82) is 0 Å². The van der Waals surface area contributed by atoms with E-state index in [-0.39, 0.29) is 6.10 Å². The van der Waals surface area contributed by atoms with Gasteiger partial charge in [0.05, 0.1) is 6.10 Å². The van der Waals surface area contributed by atoms with Gasteiger partial charge in [0.15, 0.2) is 5.65 Å². The summed E-state index contributed by atoms with van der Waals surface area (Å²) >= 11 is 0. The van der Waals surface area contributed by atoms with Crippen molar-refractivity contribution in [2.24, 2.45) is 5.92 Å². The number of nitrogens with one attached hydrogen (secondary N) is 1. The molecular formula is C9H12N6O. The van der Waals surface area contributed by atoms with Gasteiger partial charge in [0.25, 0.3) is 0 Å². The molecule has 84 valence electrons. The lowest BCUT2D eigenvalue weighted by atomic mass is 10.2. The van der Waals surface area contributed by atoms with Crippen molar-refractivity contribution in [2.75, 3.05) is 11.9 Å². The van der Waals surface area contributed by atoms with E-state index in [0.29, 0.717) is 23.9 Å². The number of hydrogen-bond donors (Lipinski definition) is 2. The van der Waals surface area contributed by atoms with Crippen LogP contribution in [0.2, 0.25) is 0 Å². The SMILES string of the molecule is OC(CNc1ccc2nnnn2n1)C1CC1. The molecule has 1 aliphatic rings. The molecule has 2 aromatic heterocycles. The first-order valence-corrected chi connectivity index (χ1v) is 5.30. The zero-order chi connectivity index (χ0) is 11.0. The van der Waals surface area contributed by atoms with Gasteiger partial charge in [0, 0.05) is 6.54 Å². The minimum Gasteiger partial charge on any atom is -0.391 e. The molecule has 7 heteroatoms. The highest BCUT2D eigenvalue weighted by atomic mass is 16.3. The lowest BCUT2D eigenvalue weighted by Crippen LogP contribution is -2.22. The van der Waals surface area contributed by atoms with E-state index in [4.69, 9.17) is 0 Å². The molecule has 0 saturated heterocycles. The highest BCUT2D eigenvalue weighted by Gasteiger charge is 2.29. The Hall–Kier alpha value is -1.76. The molecule has 1 saturated carbocycles. The maximum absolute atomic E-state index is 9.69. The quantitative estimate of drug-likeness (QED) is 0.735. The van der Waals surface area contributed by atoms with E-state index in [1.54, 1.807) is 12.1 Å². The number of anilines is 1. The zero-order valence-electron chi connectivity index (χ0n) is 8.61. The van der Waals surface area contributed by atoms with E-state index in [9.17, 15) is 5.11 Å². The van der Waals surface area contributed by atoms with Crippen molar-refractivity contribution in [3.63, 3.8) is 0 Å². The molecule has 2 aromatic rings. The van der Waals surface area contributed by atoms with Gasteiger partial charge in [-0.2, -0.15) is 0 Å². The molecular weight excluding hydrogens is 208 g/mol. The zero-order valence-corrected chi connectivity index (χ0v) is 8.61. The summed E-state index contributed by atoms with van der Waals surface area (Å²) in [6, 6.07) is 3.57. The molecule has 0 aromatic carbocycles. The standard InChI is InChI=1S/C9H12N6O/c16-7(6-1-2-6)5-10-8-3-4-9-11-13-14-15(9)12-8/h3-4,6-7,16H,1-2,5H2,(H,10,12). The molecule has 1 unspecified atom stereocenters. The third-order valence-corrected chi connectivity index (χ3v) is 2.73. The first-order valence-electron chi connectivity index (χ1n) is 5.30. The molecule has 3 rings (SSSR count). The number of fused-ring (bicyclic) bond motifs is 1. The van der Waals surface area contributed by atoms with Crippen molar-refractivity contribution in [3.05, 3.63) is 12.1 Å². The average Bonchev–Trinajstić information content (AvgIpc) is 3.04. The van der Waals surface area contributed by atoms with Gasteiger partial charge < -0.3 is 10.4 Å². The van der Waals surface area contributed by atoms with E-state index in [1.165, 1.54) is 4.63 Å². The van der Waals surface area contributed by atoms with Gasteiger partial charge in [0.1, 0.15) is 5.82 Å². The lowest BCUT2D eigenvalue weighted by Gasteiger charge is -2.10. The number of aromatic nitrogens is 5. The van der Waals surface area contributed by atoms with Crippen LogP contribution in [0.3, 0.4) is 0 Å². The number of nitrogens with zero attached hydrogens (tertiary/aromatic N) is 5. The number of aliphatic hydroxyl groups is 1. The molecule has 7 nitrogen and oxygen atoms in total. The monoisotopic (exact) mass is 220 g/mol. The van der Waals surface area contributed by atoms with Crippen LogP contribution in [0.25, 0.3) is 5.65 Å². The van der Waals surface area contributed by atoms with Gasteiger partial charge in [-0.05, 0) is 41.3 Å². The van der Waals surface area contributed by atoms with Gasteiger partial charge >= 0.3 is 0 Å². The van der Waals surface area contributed by atoms with Crippen molar-refractivity contribution in [1.82, 2.24) is 25.3 Å². The summed E-state index contributed by atoms with van der Waals surface area (Å²) in [5, 5.41) is 27.9. The molecule has 16 heavy (non-hydrogen) atoms. The summed E-state index contributed by atoms with van der Waals surface area (Å²) in [6.45, 7) is 0.519. The number of aliphatic hydroxyl groups excluding tert-OH is 1. The molecule has 0 bridgehead atoms. The lowest BCUT2D eigenvalue weighted by molar-refractivity contribution is 0.164. The molecule has 0 amide bonds. The molecule has 1 aliphatic carbocycles. The van der Waals surface area contributed by atoms with Crippen molar-refractivity contribution < 1.29 is 5.11 Å². The second-order valence-corrected chi connectivity index (χ2v) is 4.03. The van der Waals surface area contributed by atoms with Crippen LogP contribution >= 0.6 is 0 Å². The highest BCUT2D eigenvalue weighted by Crippen LogP contribution is 2.32. The third kappa shape index (κ3) is 1.81. The summed E-state index contributed by atoms with van der Waals surface area (Å²) in [5.41, 5.74) is 0.605. The van der Waals surface area contributed by atoms with Crippen molar-refractivity contribution in [3.8, 4) is 0 Å². The summed E-state index contributed by atoms with van der Waals surface area (Å²) in [6.07, 6.45) is 1.97. The molecule has 0 radical (unpaired) electrons. The second-order valence-electron chi connectivity index (χ2n) is 4.03. The molecule has 2 N–H and O–H groups in total. The predicted octanol–water partition coefficient (Wildman–Crippen LogP) is -0.298. The van der Waals surface area contributed by atoms with E-state index in [1.807, 2.05) is 0 Å².